The third-order valence-electron chi connectivity index (χ3n) is 3.38. The standard InChI is InChI=1S/C17H12BrN3O5/c1-10-2-6-16(25-10)17(22)20-19-9-12-4-7-15(26-12)13-5-3-11(21(23)24)8-14(13)18/h2-9H,1H3,(H,20,22). The number of carbonyl (C=O) groups is 1. The predicted molar refractivity (Wildman–Crippen MR) is 97.0 cm³/mol. The number of aryl methyl sites for hydroxylation is 1. The number of nitro benzene ring substituents is 1. The van der Waals surface area contributed by atoms with Gasteiger partial charge < -0.3 is 8.83 Å². The van der Waals surface area contributed by atoms with Gasteiger partial charge in [0.25, 0.3) is 5.69 Å². The van der Waals surface area contributed by atoms with Gasteiger partial charge in [0.15, 0.2) is 5.76 Å². The van der Waals surface area contributed by atoms with Crippen LogP contribution < -0.4 is 5.43 Å². The Morgan fingerprint density at radius 1 is 1.23 bits per heavy atom. The Hall–Kier alpha value is -3.20. The third-order valence-corrected chi connectivity index (χ3v) is 4.03. The first-order valence-electron chi connectivity index (χ1n) is 7.38. The summed E-state index contributed by atoms with van der Waals surface area (Å²) < 4.78 is 11.3. The van der Waals surface area contributed by atoms with Gasteiger partial charge in [0.1, 0.15) is 17.3 Å². The van der Waals surface area contributed by atoms with E-state index < -0.39 is 10.8 Å². The van der Waals surface area contributed by atoms with Crippen molar-refractivity contribution in [2.45, 2.75) is 6.92 Å². The molecule has 1 amide bonds. The zero-order valence-electron chi connectivity index (χ0n) is 13.4. The van der Waals surface area contributed by atoms with Crippen LogP contribution in [0.25, 0.3) is 11.3 Å². The van der Waals surface area contributed by atoms with Crippen LogP contribution in [0.4, 0.5) is 5.69 Å². The molecule has 0 aliphatic heterocycles. The molecule has 0 fully saturated rings. The van der Waals surface area contributed by atoms with E-state index >= 15 is 0 Å². The summed E-state index contributed by atoms with van der Waals surface area (Å²) in [5, 5.41) is 14.6. The molecule has 0 bridgehead atoms. The molecule has 2 heterocycles. The van der Waals surface area contributed by atoms with E-state index in [0.717, 1.165) is 0 Å². The number of nitrogens with one attached hydrogen (secondary N) is 1. The van der Waals surface area contributed by atoms with Crippen molar-refractivity contribution in [1.82, 2.24) is 5.43 Å². The molecular weight excluding hydrogens is 406 g/mol. The first-order valence-corrected chi connectivity index (χ1v) is 8.17. The van der Waals surface area contributed by atoms with Crippen LogP contribution in [0.15, 0.2) is 60.9 Å². The summed E-state index contributed by atoms with van der Waals surface area (Å²) in [6.45, 7) is 1.74. The number of non-ortho nitro benzene ring substituents is 1. The Kier molecular flexibility index (Phi) is 4.99. The van der Waals surface area contributed by atoms with Crippen LogP contribution in [-0.2, 0) is 0 Å². The molecule has 0 atom stereocenters. The predicted octanol–water partition coefficient (Wildman–Crippen LogP) is 4.28. The molecule has 9 heteroatoms. The summed E-state index contributed by atoms with van der Waals surface area (Å²) in [4.78, 5) is 22.1. The lowest BCUT2D eigenvalue weighted by Crippen LogP contribution is -2.16. The van der Waals surface area contributed by atoms with E-state index in [0.29, 0.717) is 27.3 Å². The molecule has 0 saturated heterocycles. The van der Waals surface area contributed by atoms with E-state index in [1.54, 1.807) is 37.3 Å². The first-order chi connectivity index (χ1) is 12.4. The van der Waals surface area contributed by atoms with Gasteiger partial charge in [-0.1, -0.05) is 0 Å². The lowest BCUT2D eigenvalue weighted by molar-refractivity contribution is -0.384. The molecule has 3 aromatic rings. The van der Waals surface area contributed by atoms with E-state index in [-0.39, 0.29) is 11.4 Å². The number of nitrogens with zero attached hydrogens (tertiary/aromatic N) is 2. The van der Waals surface area contributed by atoms with Crippen LogP contribution >= 0.6 is 15.9 Å². The number of hydrazone groups is 1. The number of benzene rings is 1. The van der Waals surface area contributed by atoms with Gasteiger partial charge in [-0.3, -0.25) is 14.9 Å². The normalized spacial score (nSPS) is 11.0. The Bertz CT molecular complexity index is 1010. The van der Waals surface area contributed by atoms with Crippen LogP contribution in [-0.4, -0.2) is 17.0 Å². The monoisotopic (exact) mass is 417 g/mol. The summed E-state index contributed by atoms with van der Waals surface area (Å²) in [6, 6.07) is 11.0. The molecule has 3 rings (SSSR count). The van der Waals surface area contributed by atoms with E-state index in [9.17, 15) is 14.9 Å². The van der Waals surface area contributed by atoms with Crippen molar-refractivity contribution >= 4 is 33.7 Å². The van der Waals surface area contributed by atoms with Gasteiger partial charge in [-0.05, 0) is 53.2 Å². The van der Waals surface area contributed by atoms with Crippen LogP contribution in [0.5, 0.6) is 0 Å². The van der Waals surface area contributed by atoms with Gasteiger partial charge in [-0.15, -0.1) is 0 Å². The van der Waals surface area contributed by atoms with Crippen molar-refractivity contribution in [3.05, 3.63) is 74.3 Å². The SMILES string of the molecule is Cc1ccc(C(=O)NN=Cc2ccc(-c3ccc([N+](=O)[O-])cc3Br)o2)o1. The second-order valence-electron chi connectivity index (χ2n) is 5.23. The summed E-state index contributed by atoms with van der Waals surface area (Å²) in [5.41, 5.74) is 2.97. The van der Waals surface area contributed by atoms with Crippen molar-refractivity contribution < 1.29 is 18.6 Å². The maximum Gasteiger partial charge on any atom is 0.307 e. The fraction of sp³-hybridized carbons (Fsp3) is 0.0588. The molecule has 0 unspecified atom stereocenters. The van der Waals surface area contributed by atoms with Gasteiger partial charge >= 0.3 is 5.91 Å². The molecule has 0 aliphatic rings. The smallest absolute Gasteiger partial charge is 0.307 e. The van der Waals surface area contributed by atoms with Crippen molar-refractivity contribution in [3.63, 3.8) is 0 Å². The fourth-order valence-corrected chi connectivity index (χ4v) is 2.71. The van der Waals surface area contributed by atoms with Crippen molar-refractivity contribution in [1.29, 1.82) is 0 Å². The van der Waals surface area contributed by atoms with Crippen LogP contribution in [0, 0.1) is 17.0 Å². The van der Waals surface area contributed by atoms with Crippen LogP contribution in [0.2, 0.25) is 0 Å². The zero-order chi connectivity index (χ0) is 18.7. The second-order valence-corrected chi connectivity index (χ2v) is 6.09. The molecule has 1 N–H and O–H groups in total. The molecular formula is C17H12BrN3O5. The number of hydrogen-bond donors (Lipinski definition) is 1. The van der Waals surface area contributed by atoms with Gasteiger partial charge in [0, 0.05) is 22.2 Å². The maximum atomic E-state index is 11.8. The second kappa shape index (κ2) is 7.36. The highest BCUT2D eigenvalue weighted by molar-refractivity contribution is 9.10. The molecule has 2 aromatic heterocycles. The Labute approximate surface area is 155 Å². The van der Waals surface area contributed by atoms with E-state index in [1.165, 1.54) is 18.3 Å². The fourth-order valence-electron chi connectivity index (χ4n) is 2.15. The number of halogens is 1. The van der Waals surface area contributed by atoms with Gasteiger partial charge in [0.2, 0.25) is 0 Å². The molecule has 132 valence electrons. The van der Waals surface area contributed by atoms with Crippen molar-refractivity contribution in [3.8, 4) is 11.3 Å². The van der Waals surface area contributed by atoms with E-state index in [4.69, 9.17) is 8.83 Å². The van der Waals surface area contributed by atoms with Crippen molar-refractivity contribution in [2.24, 2.45) is 5.10 Å². The lowest BCUT2D eigenvalue weighted by atomic mass is 10.1. The van der Waals surface area contributed by atoms with Gasteiger partial charge in [-0.2, -0.15) is 5.10 Å². The molecule has 0 spiro atoms. The highest BCUT2D eigenvalue weighted by Crippen LogP contribution is 2.32. The largest absolute Gasteiger partial charge is 0.456 e. The molecule has 8 nitrogen and oxygen atoms in total. The lowest BCUT2D eigenvalue weighted by Gasteiger charge is -2.00. The minimum Gasteiger partial charge on any atom is -0.456 e. The zero-order valence-corrected chi connectivity index (χ0v) is 15.0. The van der Waals surface area contributed by atoms with Gasteiger partial charge in [-0.25, -0.2) is 5.43 Å². The summed E-state index contributed by atoms with van der Waals surface area (Å²) in [7, 11) is 0. The maximum absolute atomic E-state index is 11.8. The highest BCUT2D eigenvalue weighted by atomic mass is 79.9. The Morgan fingerprint density at radius 3 is 2.69 bits per heavy atom. The topological polar surface area (TPSA) is 111 Å². The number of furan rings is 2. The summed E-state index contributed by atoms with van der Waals surface area (Å²) in [5.74, 6) is 1.22. The van der Waals surface area contributed by atoms with Crippen molar-refractivity contribution in [2.75, 3.05) is 0 Å². The van der Waals surface area contributed by atoms with E-state index in [2.05, 4.69) is 26.5 Å². The summed E-state index contributed by atoms with van der Waals surface area (Å²) in [6.07, 6.45) is 1.34. The Balaban J connectivity index is 1.70. The minimum atomic E-state index is -0.474. The number of nitro groups is 1. The number of carbonyl (C=O) groups excluding carboxylic acids is 1. The number of amides is 1. The number of rotatable bonds is 5. The van der Waals surface area contributed by atoms with Crippen LogP contribution in [0.1, 0.15) is 22.1 Å². The number of hydrogen-bond acceptors (Lipinski definition) is 6. The highest BCUT2D eigenvalue weighted by Gasteiger charge is 2.13. The molecule has 1 aromatic carbocycles. The van der Waals surface area contributed by atoms with Gasteiger partial charge in [0.05, 0.1) is 11.1 Å². The molecule has 0 radical (unpaired) electrons. The Morgan fingerprint density at radius 2 is 2.04 bits per heavy atom. The van der Waals surface area contributed by atoms with Crippen LogP contribution in [0.3, 0.4) is 0 Å². The van der Waals surface area contributed by atoms with E-state index in [1.807, 2.05) is 0 Å². The summed E-state index contributed by atoms with van der Waals surface area (Å²) >= 11 is 3.30. The molecule has 0 aliphatic carbocycles. The quantitative estimate of drug-likeness (QED) is 0.378. The first kappa shape index (κ1) is 17.6. The molecule has 0 saturated carbocycles. The third kappa shape index (κ3) is 3.89. The average molecular weight is 418 g/mol. The average Bonchev–Trinajstić information content (AvgIpc) is 3.24. The minimum absolute atomic E-state index is 0.0233. The molecule has 26 heavy (non-hydrogen) atoms.